The summed E-state index contributed by atoms with van der Waals surface area (Å²) in [6, 6.07) is 25.0. The third kappa shape index (κ3) is 15.2. The van der Waals surface area contributed by atoms with Gasteiger partial charge < -0.3 is 71.1 Å². The molecule has 3 fully saturated rings. The van der Waals surface area contributed by atoms with Crippen LogP contribution in [0.2, 0.25) is 0 Å². The lowest BCUT2D eigenvalue weighted by Gasteiger charge is -2.50. The van der Waals surface area contributed by atoms with Crippen molar-refractivity contribution in [2.45, 2.75) is 161 Å². The van der Waals surface area contributed by atoms with Crippen LogP contribution < -0.4 is 9.47 Å². The molecule has 0 aliphatic carbocycles. The molecule has 21 nitrogen and oxygen atoms in total. The Morgan fingerprint density at radius 2 is 0.833 bits per heavy atom. The van der Waals surface area contributed by atoms with Crippen LogP contribution in [-0.4, -0.2) is 142 Å². The monoisotopic (exact) mass is 1010 g/mol. The Morgan fingerprint density at radius 3 is 1.28 bits per heavy atom. The van der Waals surface area contributed by atoms with Gasteiger partial charge >= 0.3 is 35.8 Å². The molecule has 3 aliphatic heterocycles. The van der Waals surface area contributed by atoms with E-state index in [1.54, 1.807) is 38.1 Å². The van der Waals surface area contributed by atoms with E-state index >= 15 is 0 Å². The average molecular weight is 1010 g/mol. The molecule has 0 aromatic heterocycles. The minimum Gasteiger partial charge on any atom is -0.497 e. The smallest absolute Gasteiger partial charge is 0.303 e. The number of esters is 6. The van der Waals surface area contributed by atoms with Gasteiger partial charge in [0.25, 0.3) is 0 Å². The first-order valence-electron chi connectivity index (χ1n) is 23.3. The zero-order chi connectivity index (χ0) is 52.1. The van der Waals surface area contributed by atoms with E-state index in [2.05, 4.69) is 0 Å². The van der Waals surface area contributed by atoms with E-state index < -0.39 is 128 Å². The summed E-state index contributed by atoms with van der Waals surface area (Å²) >= 11 is 0. The normalized spacial score (nSPS) is 30.2. The second-order valence-corrected chi connectivity index (χ2v) is 17.2. The van der Waals surface area contributed by atoms with Gasteiger partial charge in [0.1, 0.15) is 29.8 Å². The molecule has 392 valence electrons. The zero-order valence-corrected chi connectivity index (χ0v) is 41.4. The van der Waals surface area contributed by atoms with Crippen molar-refractivity contribution < 1.29 is 99.8 Å². The minimum absolute atomic E-state index is 0.0993. The summed E-state index contributed by atoms with van der Waals surface area (Å²) in [5, 5.41) is 0. The number of hydrogen-bond donors (Lipinski definition) is 0. The summed E-state index contributed by atoms with van der Waals surface area (Å²) in [5.74, 6) is -3.94. The van der Waals surface area contributed by atoms with Gasteiger partial charge in [-0.05, 0) is 49.2 Å². The van der Waals surface area contributed by atoms with Crippen LogP contribution in [0.3, 0.4) is 0 Å². The number of ether oxygens (including phenoxy) is 15. The predicted molar refractivity (Wildman–Crippen MR) is 245 cm³/mol. The highest BCUT2D eigenvalue weighted by Gasteiger charge is 2.58. The van der Waals surface area contributed by atoms with E-state index in [0.29, 0.717) is 11.3 Å². The molecule has 0 spiro atoms. The van der Waals surface area contributed by atoms with Gasteiger partial charge in [-0.3, -0.25) is 28.8 Å². The second-order valence-electron chi connectivity index (χ2n) is 17.2. The van der Waals surface area contributed by atoms with Crippen molar-refractivity contribution in [3.63, 3.8) is 0 Å². The Hall–Kier alpha value is -6.20. The van der Waals surface area contributed by atoms with Crippen LogP contribution in [0.4, 0.5) is 0 Å². The summed E-state index contributed by atoms with van der Waals surface area (Å²) < 4.78 is 92.8. The highest BCUT2D eigenvalue weighted by Crippen LogP contribution is 2.39. The first kappa shape index (κ1) is 55.1. The Bertz CT molecular complexity index is 2260. The van der Waals surface area contributed by atoms with Gasteiger partial charge in [0.2, 0.25) is 6.29 Å². The van der Waals surface area contributed by atoms with Crippen LogP contribution in [-0.2, 0) is 104 Å². The lowest BCUT2D eigenvalue weighted by molar-refractivity contribution is -0.382. The third-order valence-electron chi connectivity index (χ3n) is 11.4. The number of carbonyl (C=O) groups excluding carboxylic acids is 6. The molecule has 6 rings (SSSR count). The fourth-order valence-electron chi connectivity index (χ4n) is 8.50. The zero-order valence-electron chi connectivity index (χ0n) is 41.4. The van der Waals surface area contributed by atoms with Gasteiger partial charge in [-0.1, -0.05) is 60.7 Å². The van der Waals surface area contributed by atoms with Crippen molar-refractivity contribution in [3.05, 3.63) is 96.1 Å². The van der Waals surface area contributed by atoms with Crippen LogP contribution in [0, 0.1) is 0 Å². The topological polar surface area (TPSA) is 241 Å². The molecule has 3 saturated heterocycles. The molecule has 15 atom stereocenters. The Labute approximate surface area is 416 Å². The summed E-state index contributed by atoms with van der Waals surface area (Å²) in [6.45, 7) is 9.72. The third-order valence-corrected chi connectivity index (χ3v) is 11.4. The Morgan fingerprint density at radius 1 is 0.431 bits per heavy atom. The quantitative estimate of drug-likeness (QED) is 0.112. The molecule has 3 heterocycles. The highest BCUT2D eigenvalue weighted by molar-refractivity contribution is 5.69. The molecule has 0 saturated carbocycles. The molecule has 0 unspecified atom stereocenters. The van der Waals surface area contributed by atoms with E-state index in [1.165, 1.54) is 7.11 Å². The van der Waals surface area contributed by atoms with E-state index in [4.69, 9.17) is 71.1 Å². The second kappa shape index (κ2) is 26.0. The molecule has 3 aliphatic rings. The fraction of sp³-hybridized carbons (Fsp3) is 0.529. The summed E-state index contributed by atoms with van der Waals surface area (Å²) in [7, 11) is 1.51. The van der Waals surface area contributed by atoms with Crippen molar-refractivity contribution in [1.82, 2.24) is 0 Å². The molecule has 0 bridgehead atoms. The fourth-order valence-corrected chi connectivity index (χ4v) is 8.50. The van der Waals surface area contributed by atoms with Gasteiger partial charge in [0.15, 0.2) is 55.3 Å². The van der Waals surface area contributed by atoms with Gasteiger partial charge in [0, 0.05) is 41.5 Å². The van der Waals surface area contributed by atoms with Crippen LogP contribution in [0.25, 0.3) is 0 Å². The van der Waals surface area contributed by atoms with Gasteiger partial charge in [0.05, 0.1) is 39.1 Å². The van der Waals surface area contributed by atoms with Crippen LogP contribution in [0.5, 0.6) is 11.5 Å². The summed E-state index contributed by atoms with van der Waals surface area (Å²) in [5.41, 5.74) is 1.52. The maximum absolute atomic E-state index is 12.9. The van der Waals surface area contributed by atoms with E-state index in [0.717, 1.165) is 47.1 Å². The first-order chi connectivity index (χ1) is 34.4. The van der Waals surface area contributed by atoms with Crippen molar-refractivity contribution in [1.29, 1.82) is 0 Å². The molecule has 3 aromatic carbocycles. The number of benzene rings is 3. The van der Waals surface area contributed by atoms with Crippen molar-refractivity contribution >= 4 is 35.8 Å². The summed E-state index contributed by atoms with van der Waals surface area (Å²) in [6.07, 6.45) is -20.8. The van der Waals surface area contributed by atoms with E-state index in [9.17, 15) is 28.8 Å². The number of methoxy groups -OCH3 is 1. The number of hydrogen-bond acceptors (Lipinski definition) is 21. The molecular weight excluding hydrogens is 949 g/mol. The molecule has 0 amide bonds. The van der Waals surface area contributed by atoms with Gasteiger partial charge in [-0.2, -0.15) is 0 Å². The van der Waals surface area contributed by atoms with Crippen molar-refractivity contribution in [2.75, 3.05) is 13.7 Å². The van der Waals surface area contributed by atoms with Crippen LogP contribution in [0.1, 0.15) is 66.5 Å². The average Bonchev–Trinajstić information content (AvgIpc) is 3.32. The lowest BCUT2D eigenvalue weighted by Crippen LogP contribution is -2.68. The van der Waals surface area contributed by atoms with E-state index in [1.807, 2.05) is 60.7 Å². The van der Waals surface area contributed by atoms with E-state index in [-0.39, 0.29) is 25.6 Å². The predicted octanol–water partition coefficient (Wildman–Crippen LogP) is 4.45. The number of carbonyl (C=O) groups is 6. The summed E-state index contributed by atoms with van der Waals surface area (Å²) in [4.78, 5) is 76.0. The van der Waals surface area contributed by atoms with Crippen LogP contribution >= 0.6 is 0 Å². The molecular formula is C51H62O21. The maximum Gasteiger partial charge on any atom is 0.303 e. The minimum atomic E-state index is -1.64. The lowest BCUT2D eigenvalue weighted by atomic mass is 9.95. The Kier molecular flexibility index (Phi) is 19.9. The van der Waals surface area contributed by atoms with Crippen molar-refractivity contribution in [3.8, 4) is 11.5 Å². The van der Waals surface area contributed by atoms with Crippen molar-refractivity contribution in [2.24, 2.45) is 0 Å². The highest BCUT2D eigenvalue weighted by atomic mass is 16.8. The Balaban J connectivity index is 1.51. The van der Waals surface area contributed by atoms with Gasteiger partial charge in [-0.25, -0.2) is 0 Å². The maximum atomic E-state index is 12.9. The molecule has 72 heavy (non-hydrogen) atoms. The van der Waals surface area contributed by atoms with Crippen LogP contribution in [0.15, 0.2) is 84.9 Å². The van der Waals surface area contributed by atoms with Gasteiger partial charge in [-0.15, -0.1) is 0 Å². The largest absolute Gasteiger partial charge is 0.497 e. The number of rotatable bonds is 20. The molecule has 0 radical (unpaired) electrons. The molecule has 0 N–H and O–H groups in total. The molecule has 21 heteroatoms. The standard InChI is InChI=1S/C51H62O21/c1-27-40(63-29(3)52)44(65-31(5)54)47(67-33(7)56)49(61-27)71-42-39(26-59-24-35-16-12-10-13-17-35)70-51(69-38-22-20-37(58-9)21-23-38)46(43(42)60-25-36-18-14-11-15-19-36)72-50-48(68-34(8)57)45(66-32(6)55)41(28(2)62-50)64-30(4)53/h10-23,27-28,39-51H,24-26H2,1-9H3/t27-,28-,39+,40-,41-,42+,43-,44+,45+,46+,47+,48+,49-,50-,51+/m0/s1. The first-order valence-corrected chi connectivity index (χ1v) is 23.3. The molecule has 3 aromatic rings. The SMILES string of the molecule is COc1ccc(O[C@@H]2O[C@H](COCc3ccccc3)[C@@H](O[C@@H]3O[C@@H](C)[C@H](OC(C)=O)[C@@H](OC(C)=O)[C@H]3OC(C)=O)[C@H](OCc3ccccc3)[C@H]2O[C@@H]2O[C@@H](C)[C@H](OC(C)=O)[C@@H](OC(C)=O)[C@H]2OC(C)=O)cc1.